The van der Waals surface area contributed by atoms with Crippen LogP contribution in [0.4, 0.5) is 4.39 Å². The molecule has 0 aliphatic heterocycles. The second kappa shape index (κ2) is 7.35. The molecule has 0 spiro atoms. The van der Waals surface area contributed by atoms with Crippen molar-refractivity contribution in [2.24, 2.45) is 0 Å². The molecule has 0 fully saturated rings. The molecule has 1 amide bonds. The average molecular weight is 319 g/mol. The van der Waals surface area contributed by atoms with Crippen LogP contribution in [-0.2, 0) is 23.1 Å². The minimum Gasteiger partial charge on any atom is -0.356 e. The lowest BCUT2D eigenvalue weighted by Gasteiger charge is -2.10. The Hall–Kier alpha value is -2.24. The fourth-order valence-corrected chi connectivity index (χ4v) is 2.01. The number of hydrogen-bond acceptors (Lipinski definition) is 4. The van der Waals surface area contributed by atoms with Gasteiger partial charge in [0.25, 0.3) is 0 Å². The average Bonchev–Trinajstić information content (AvgIpc) is 2.95. The van der Waals surface area contributed by atoms with E-state index in [0.717, 1.165) is 0 Å². The van der Waals surface area contributed by atoms with Crippen molar-refractivity contribution in [3.05, 3.63) is 47.4 Å². The third kappa shape index (κ3) is 5.16. The topological polar surface area (TPSA) is 68.0 Å². The van der Waals surface area contributed by atoms with Crippen molar-refractivity contribution < 1.29 is 13.7 Å². The molecule has 2 aromatic rings. The molecule has 1 heterocycles. The number of amides is 1. The van der Waals surface area contributed by atoms with Crippen molar-refractivity contribution in [2.75, 3.05) is 6.54 Å². The molecule has 0 saturated carbocycles. The van der Waals surface area contributed by atoms with Crippen molar-refractivity contribution >= 4 is 5.91 Å². The van der Waals surface area contributed by atoms with E-state index in [4.69, 9.17) is 4.52 Å². The SMILES string of the molecule is CC(C)(C)c1nc(CCNC(=O)CCc2ccccc2F)no1. The number of hydrogen-bond donors (Lipinski definition) is 1. The molecule has 23 heavy (non-hydrogen) atoms. The van der Waals surface area contributed by atoms with Gasteiger partial charge in [-0.2, -0.15) is 4.98 Å². The molecule has 0 aliphatic rings. The molecule has 2 rings (SSSR count). The van der Waals surface area contributed by atoms with Gasteiger partial charge in [0.05, 0.1) is 0 Å². The highest BCUT2D eigenvalue weighted by molar-refractivity contribution is 5.76. The Morgan fingerprint density at radius 2 is 2.00 bits per heavy atom. The second-order valence-electron chi connectivity index (χ2n) is 6.46. The zero-order chi connectivity index (χ0) is 16.9. The molecule has 0 radical (unpaired) electrons. The first kappa shape index (κ1) is 17.1. The van der Waals surface area contributed by atoms with E-state index in [1.165, 1.54) is 6.07 Å². The molecule has 0 unspecified atom stereocenters. The van der Waals surface area contributed by atoms with Crippen LogP contribution >= 0.6 is 0 Å². The number of rotatable bonds is 6. The lowest BCUT2D eigenvalue weighted by Crippen LogP contribution is -2.26. The smallest absolute Gasteiger partial charge is 0.232 e. The van der Waals surface area contributed by atoms with E-state index in [9.17, 15) is 9.18 Å². The number of aromatic nitrogens is 2. The van der Waals surface area contributed by atoms with Gasteiger partial charge in [-0.15, -0.1) is 0 Å². The summed E-state index contributed by atoms with van der Waals surface area (Å²) in [6.07, 6.45) is 1.14. The van der Waals surface area contributed by atoms with E-state index in [1.54, 1.807) is 18.2 Å². The van der Waals surface area contributed by atoms with Gasteiger partial charge < -0.3 is 9.84 Å². The maximum absolute atomic E-state index is 13.5. The molecule has 5 nitrogen and oxygen atoms in total. The van der Waals surface area contributed by atoms with Crippen LogP contribution in [0.25, 0.3) is 0 Å². The fraction of sp³-hybridized carbons (Fsp3) is 0.471. The van der Waals surface area contributed by atoms with Crippen LogP contribution in [0.5, 0.6) is 0 Å². The molecule has 0 bridgehead atoms. The first-order chi connectivity index (χ1) is 10.9. The predicted molar refractivity (Wildman–Crippen MR) is 84.4 cm³/mol. The van der Waals surface area contributed by atoms with E-state index in [1.807, 2.05) is 20.8 Å². The minimum atomic E-state index is -0.276. The zero-order valence-corrected chi connectivity index (χ0v) is 13.7. The zero-order valence-electron chi connectivity index (χ0n) is 13.7. The molecular weight excluding hydrogens is 297 g/mol. The van der Waals surface area contributed by atoms with Gasteiger partial charge in [0, 0.05) is 24.8 Å². The lowest BCUT2D eigenvalue weighted by molar-refractivity contribution is -0.121. The van der Waals surface area contributed by atoms with Crippen LogP contribution in [0, 0.1) is 5.82 Å². The molecule has 124 valence electrons. The van der Waals surface area contributed by atoms with E-state index >= 15 is 0 Å². The number of halogens is 1. The molecule has 1 aromatic heterocycles. The van der Waals surface area contributed by atoms with Crippen LogP contribution < -0.4 is 5.32 Å². The maximum Gasteiger partial charge on any atom is 0.232 e. The maximum atomic E-state index is 13.5. The predicted octanol–water partition coefficient (Wildman–Crippen LogP) is 2.80. The van der Waals surface area contributed by atoms with E-state index in [0.29, 0.717) is 36.7 Å². The molecule has 0 aliphatic carbocycles. The summed E-state index contributed by atoms with van der Waals surface area (Å²) in [4.78, 5) is 16.1. The minimum absolute atomic E-state index is 0.118. The molecular formula is C17H22FN3O2. The van der Waals surface area contributed by atoms with Crippen molar-refractivity contribution in [3.8, 4) is 0 Å². The van der Waals surface area contributed by atoms with Gasteiger partial charge in [0.15, 0.2) is 5.82 Å². The van der Waals surface area contributed by atoms with Gasteiger partial charge in [-0.1, -0.05) is 44.1 Å². The first-order valence-electron chi connectivity index (χ1n) is 7.69. The van der Waals surface area contributed by atoms with Crippen LogP contribution in [-0.4, -0.2) is 22.6 Å². The van der Waals surface area contributed by atoms with Gasteiger partial charge in [-0.3, -0.25) is 4.79 Å². The molecule has 0 atom stereocenters. The summed E-state index contributed by atoms with van der Waals surface area (Å²) in [5.74, 6) is 0.761. The number of carbonyl (C=O) groups is 1. The molecule has 0 saturated heterocycles. The summed E-state index contributed by atoms with van der Waals surface area (Å²) in [5, 5.41) is 6.68. The van der Waals surface area contributed by atoms with Gasteiger partial charge >= 0.3 is 0 Å². The molecule has 1 N–H and O–H groups in total. The highest BCUT2D eigenvalue weighted by Crippen LogP contribution is 2.19. The Labute approximate surface area is 135 Å². The number of nitrogens with one attached hydrogen (secondary N) is 1. The van der Waals surface area contributed by atoms with E-state index in [2.05, 4.69) is 15.5 Å². The van der Waals surface area contributed by atoms with Gasteiger partial charge in [0.2, 0.25) is 11.8 Å². The monoisotopic (exact) mass is 319 g/mol. The third-order valence-electron chi connectivity index (χ3n) is 3.36. The highest BCUT2D eigenvalue weighted by atomic mass is 19.1. The van der Waals surface area contributed by atoms with Crippen LogP contribution in [0.15, 0.2) is 28.8 Å². The number of carbonyl (C=O) groups excluding carboxylic acids is 1. The highest BCUT2D eigenvalue weighted by Gasteiger charge is 2.21. The fourth-order valence-electron chi connectivity index (χ4n) is 2.01. The molecule has 6 heteroatoms. The van der Waals surface area contributed by atoms with E-state index < -0.39 is 0 Å². The number of aryl methyl sites for hydroxylation is 1. The Kier molecular flexibility index (Phi) is 5.47. The summed E-state index contributed by atoms with van der Waals surface area (Å²) in [6, 6.07) is 6.49. The van der Waals surface area contributed by atoms with Gasteiger partial charge in [0.1, 0.15) is 5.82 Å². The summed E-state index contributed by atoms with van der Waals surface area (Å²) >= 11 is 0. The Balaban J connectivity index is 1.73. The third-order valence-corrected chi connectivity index (χ3v) is 3.36. The normalized spacial score (nSPS) is 11.5. The van der Waals surface area contributed by atoms with Crippen LogP contribution in [0.3, 0.4) is 0 Å². The Morgan fingerprint density at radius 1 is 1.26 bits per heavy atom. The van der Waals surface area contributed by atoms with Gasteiger partial charge in [-0.05, 0) is 18.1 Å². The quantitative estimate of drug-likeness (QED) is 0.889. The van der Waals surface area contributed by atoms with Crippen molar-refractivity contribution in [1.29, 1.82) is 0 Å². The largest absolute Gasteiger partial charge is 0.356 e. The second-order valence-corrected chi connectivity index (χ2v) is 6.46. The first-order valence-corrected chi connectivity index (χ1v) is 7.69. The summed E-state index contributed by atoms with van der Waals surface area (Å²) in [6.45, 7) is 6.41. The summed E-state index contributed by atoms with van der Waals surface area (Å²) in [5.41, 5.74) is 0.365. The van der Waals surface area contributed by atoms with Crippen LogP contribution in [0.2, 0.25) is 0 Å². The Bertz CT molecular complexity index is 662. The van der Waals surface area contributed by atoms with Crippen LogP contribution in [0.1, 0.15) is 44.5 Å². The number of nitrogens with zero attached hydrogens (tertiary/aromatic N) is 2. The lowest BCUT2D eigenvalue weighted by atomic mass is 9.97. The van der Waals surface area contributed by atoms with Crippen molar-refractivity contribution in [3.63, 3.8) is 0 Å². The summed E-state index contributed by atoms with van der Waals surface area (Å²) < 4.78 is 18.6. The Morgan fingerprint density at radius 3 is 2.65 bits per heavy atom. The van der Waals surface area contributed by atoms with Crippen molar-refractivity contribution in [2.45, 2.75) is 45.4 Å². The standard InChI is InChI=1S/C17H22FN3O2/c1-17(2,3)16-20-14(21-23-16)10-11-19-15(22)9-8-12-6-4-5-7-13(12)18/h4-7H,8-11H2,1-3H3,(H,19,22). The van der Waals surface area contributed by atoms with E-state index in [-0.39, 0.29) is 23.6 Å². The van der Waals surface area contributed by atoms with Crippen molar-refractivity contribution in [1.82, 2.24) is 15.5 Å². The molecule has 1 aromatic carbocycles. The van der Waals surface area contributed by atoms with Gasteiger partial charge in [-0.25, -0.2) is 4.39 Å². The number of benzene rings is 1. The summed E-state index contributed by atoms with van der Waals surface area (Å²) in [7, 11) is 0.